The van der Waals surface area contributed by atoms with Gasteiger partial charge >= 0.3 is 12.1 Å². The number of alkyl halides is 3. The van der Waals surface area contributed by atoms with Crippen molar-refractivity contribution in [3.05, 3.63) is 33.5 Å². The van der Waals surface area contributed by atoms with Crippen molar-refractivity contribution in [1.29, 1.82) is 0 Å². The second kappa shape index (κ2) is 10.3. The Labute approximate surface area is 182 Å². The topological polar surface area (TPSA) is 86.1 Å². The van der Waals surface area contributed by atoms with Gasteiger partial charge in [-0.1, -0.05) is 6.42 Å². The molecule has 3 rings (SSSR count). The number of nitrogens with zero attached hydrogens (tertiary/aromatic N) is 3. The molecule has 1 saturated carbocycles. The van der Waals surface area contributed by atoms with Gasteiger partial charge in [0.15, 0.2) is 11.4 Å². The third-order valence-electron chi connectivity index (χ3n) is 5.04. The molecule has 2 aromatic heterocycles. The van der Waals surface area contributed by atoms with Crippen molar-refractivity contribution in [2.45, 2.75) is 70.7 Å². The summed E-state index contributed by atoms with van der Waals surface area (Å²) in [4.78, 5) is 28.5. The highest BCUT2D eigenvalue weighted by Gasteiger charge is 2.34. The van der Waals surface area contributed by atoms with E-state index >= 15 is 0 Å². The number of aromatic nitrogens is 3. The van der Waals surface area contributed by atoms with E-state index in [1.54, 1.807) is 5.38 Å². The minimum absolute atomic E-state index is 0.0211. The Hall–Kier alpha value is -2.43. The first-order valence-electron chi connectivity index (χ1n) is 10.3. The maximum Gasteiger partial charge on any atom is 0.435 e. The highest BCUT2D eigenvalue weighted by atomic mass is 32.1. The zero-order chi connectivity index (χ0) is 22.4. The predicted molar refractivity (Wildman–Crippen MR) is 108 cm³/mol. The molecule has 11 heteroatoms. The standard InChI is InChI=1S/C20H25F3N4O3S/c1-13-10-16(20(21,22)23)26-27(13)11-17(28)24-9-5-8-18-25-15(12-31-18)19(29)30-14-6-3-2-4-7-14/h10,12,14H,2-9,11H2,1H3,(H,24,28). The number of hydrogen-bond acceptors (Lipinski definition) is 6. The molecular formula is C20H25F3N4O3S. The quantitative estimate of drug-likeness (QED) is 0.479. The number of halogens is 3. The molecule has 0 atom stereocenters. The molecule has 1 fully saturated rings. The van der Waals surface area contributed by atoms with Crippen molar-refractivity contribution < 1.29 is 27.5 Å². The van der Waals surface area contributed by atoms with Gasteiger partial charge in [-0.05, 0) is 45.1 Å². The summed E-state index contributed by atoms with van der Waals surface area (Å²) in [5.41, 5.74) is -0.443. The van der Waals surface area contributed by atoms with Crippen LogP contribution >= 0.6 is 11.3 Å². The molecule has 2 aromatic rings. The van der Waals surface area contributed by atoms with Gasteiger partial charge in [-0.3, -0.25) is 9.48 Å². The van der Waals surface area contributed by atoms with Crippen molar-refractivity contribution in [1.82, 2.24) is 20.1 Å². The summed E-state index contributed by atoms with van der Waals surface area (Å²) >= 11 is 1.36. The number of esters is 1. The lowest BCUT2D eigenvalue weighted by molar-refractivity contribution is -0.141. The highest BCUT2D eigenvalue weighted by molar-refractivity contribution is 7.09. The third-order valence-corrected chi connectivity index (χ3v) is 5.95. The molecule has 0 saturated heterocycles. The van der Waals surface area contributed by atoms with Crippen LogP contribution in [0.5, 0.6) is 0 Å². The van der Waals surface area contributed by atoms with Crippen molar-refractivity contribution >= 4 is 23.2 Å². The number of ether oxygens (including phenoxy) is 1. The van der Waals surface area contributed by atoms with E-state index in [2.05, 4.69) is 15.4 Å². The summed E-state index contributed by atoms with van der Waals surface area (Å²) in [6.45, 7) is 1.53. The van der Waals surface area contributed by atoms with Crippen LogP contribution in [0.2, 0.25) is 0 Å². The molecule has 0 unspecified atom stereocenters. The summed E-state index contributed by atoms with van der Waals surface area (Å²) in [7, 11) is 0. The molecule has 0 radical (unpaired) electrons. The van der Waals surface area contributed by atoms with Gasteiger partial charge < -0.3 is 10.1 Å². The zero-order valence-corrected chi connectivity index (χ0v) is 18.0. The Morgan fingerprint density at radius 3 is 2.71 bits per heavy atom. The molecule has 1 aliphatic rings. The first-order chi connectivity index (χ1) is 14.7. The van der Waals surface area contributed by atoms with E-state index in [1.165, 1.54) is 24.7 Å². The molecule has 0 bridgehead atoms. The molecule has 1 aliphatic carbocycles. The summed E-state index contributed by atoms with van der Waals surface area (Å²) in [5.74, 6) is -0.814. The van der Waals surface area contributed by atoms with Crippen LogP contribution in [0.1, 0.15) is 65.4 Å². The second-order valence-electron chi connectivity index (χ2n) is 7.57. The van der Waals surface area contributed by atoms with Crippen molar-refractivity contribution in [2.75, 3.05) is 6.54 Å². The minimum atomic E-state index is -4.54. The number of aryl methyl sites for hydroxylation is 2. The number of thiazole rings is 1. The Bertz CT molecular complexity index is 904. The van der Waals surface area contributed by atoms with Gasteiger partial charge in [0.1, 0.15) is 12.6 Å². The Morgan fingerprint density at radius 1 is 1.29 bits per heavy atom. The van der Waals surface area contributed by atoms with Crippen LogP contribution in [0.15, 0.2) is 11.4 Å². The van der Waals surface area contributed by atoms with Crippen LogP contribution in [0.3, 0.4) is 0 Å². The number of rotatable bonds is 8. The van der Waals surface area contributed by atoms with E-state index in [4.69, 9.17) is 4.74 Å². The molecule has 1 amide bonds. The fourth-order valence-electron chi connectivity index (χ4n) is 3.38. The van der Waals surface area contributed by atoms with Crippen molar-refractivity contribution in [3.8, 4) is 0 Å². The maximum absolute atomic E-state index is 12.7. The molecule has 0 aromatic carbocycles. The lowest BCUT2D eigenvalue weighted by Crippen LogP contribution is -2.29. The van der Waals surface area contributed by atoms with Crippen LogP contribution in [0.25, 0.3) is 0 Å². The second-order valence-corrected chi connectivity index (χ2v) is 8.51. The van der Waals surface area contributed by atoms with E-state index in [1.807, 2.05) is 0 Å². The van der Waals surface area contributed by atoms with Crippen LogP contribution in [0, 0.1) is 6.92 Å². The SMILES string of the molecule is Cc1cc(C(F)(F)F)nn1CC(=O)NCCCc1nc(C(=O)OC2CCCCC2)cs1. The van der Waals surface area contributed by atoms with E-state index in [0.717, 1.165) is 41.4 Å². The molecule has 31 heavy (non-hydrogen) atoms. The van der Waals surface area contributed by atoms with E-state index in [-0.39, 0.29) is 18.3 Å². The number of hydrogen-bond donors (Lipinski definition) is 1. The van der Waals surface area contributed by atoms with Crippen LogP contribution in [-0.2, 0) is 28.7 Å². The lowest BCUT2D eigenvalue weighted by atomic mass is 9.98. The number of amides is 1. The molecular weight excluding hydrogens is 433 g/mol. The molecule has 0 spiro atoms. The number of carbonyl (C=O) groups is 2. The van der Waals surface area contributed by atoms with Gasteiger partial charge in [-0.15, -0.1) is 11.3 Å². The monoisotopic (exact) mass is 458 g/mol. The van der Waals surface area contributed by atoms with E-state index in [9.17, 15) is 22.8 Å². The largest absolute Gasteiger partial charge is 0.458 e. The molecule has 7 nitrogen and oxygen atoms in total. The highest BCUT2D eigenvalue weighted by Crippen LogP contribution is 2.28. The summed E-state index contributed by atoms with van der Waals surface area (Å²) in [6.07, 6.45) is 1.74. The summed E-state index contributed by atoms with van der Waals surface area (Å²) in [6, 6.07) is 0.909. The fourth-order valence-corrected chi connectivity index (χ4v) is 4.19. The van der Waals surface area contributed by atoms with Gasteiger partial charge in [0.05, 0.1) is 5.01 Å². The van der Waals surface area contributed by atoms with Gasteiger partial charge in [-0.25, -0.2) is 9.78 Å². The minimum Gasteiger partial charge on any atom is -0.458 e. The Balaban J connectivity index is 1.38. The smallest absolute Gasteiger partial charge is 0.435 e. The van der Waals surface area contributed by atoms with Crippen LogP contribution in [0.4, 0.5) is 13.2 Å². The summed E-state index contributed by atoms with van der Waals surface area (Å²) < 4.78 is 44.6. The Kier molecular flexibility index (Phi) is 7.69. The lowest BCUT2D eigenvalue weighted by Gasteiger charge is -2.21. The zero-order valence-electron chi connectivity index (χ0n) is 17.2. The first kappa shape index (κ1) is 23.2. The number of nitrogens with one attached hydrogen (secondary N) is 1. The number of carbonyl (C=O) groups excluding carboxylic acids is 2. The van der Waals surface area contributed by atoms with E-state index < -0.39 is 23.7 Å². The van der Waals surface area contributed by atoms with Gasteiger partial charge in [0.25, 0.3) is 0 Å². The van der Waals surface area contributed by atoms with Gasteiger partial charge in [0, 0.05) is 24.0 Å². The molecule has 2 heterocycles. The van der Waals surface area contributed by atoms with Crippen molar-refractivity contribution in [2.24, 2.45) is 0 Å². The van der Waals surface area contributed by atoms with Crippen molar-refractivity contribution in [3.63, 3.8) is 0 Å². The van der Waals surface area contributed by atoms with E-state index in [0.29, 0.717) is 25.1 Å². The van der Waals surface area contributed by atoms with Gasteiger partial charge in [0.2, 0.25) is 5.91 Å². The average molecular weight is 459 g/mol. The van der Waals surface area contributed by atoms with Crippen LogP contribution < -0.4 is 5.32 Å². The molecule has 0 aliphatic heterocycles. The predicted octanol–water partition coefficient (Wildman–Crippen LogP) is 3.91. The normalized spacial score (nSPS) is 15.1. The average Bonchev–Trinajstić information content (AvgIpc) is 3.33. The molecule has 170 valence electrons. The maximum atomic E-state index is 12.7. The van der Waals surface area contributed by atoms with Crippen LogP contribution in [-0.4, -0.2) is 39.3 Å². The Morgan fingerprint density at radius 2 is 2.03 bits per heavy atom. The summed E-state index contributed by atoms with van der Waals surface area (Å²) in [5, 5.41) is 8.55. The fraction of sp³-hybridized carbons (Fsp3) is 0.600. The molecule has 1 N–H and O–H groups in total. The van der Waals surface area contributed by atoms with Gasteiger partial charge in [-0.2, -0.15) is 18.3 Å². The third kappa shape index (κ3) is 6.78. The first-order valence-corrected chi connectivity index (χ1v) is 11.1.